The Morgan fingerprint density at radius 3 is 2.95 bits per heavy atom. The molecule has 2 aliphatic rings. The average molecular weight is 295 g/mol. The third kappa shape index (κ3) is 2.53. The van der Waals surface area contributed by atoms with Crippen molar-refractivity contribution in [1.29, 1.82) is 0 Å². The normalized spacial score (nSPS) is 26.5. The van der Waals surface area contributed by atoms with Crippen LogP contribution < -0.4 is 0 Å². The maximum absolute atomic E-state index is 4.68. The summed E-state index contributed by atoms with van der Waals surface area (Å²) in [5, 5.41) is 1.32. The highest BCUT2D eigenvalue weighted by molar-refractivity contribution is 5.82. The van der Waals surface area contributed by atoms with Crippen LogP contribution in [0.4, 0.5) is 0 Å². The van der Waals surface area contributed by atoms with Gasteiger partial charge in [-0.25, -0.2) is 0 Å². The van der Waals surface area contributed by atoms with E-state index in [1.54, 1.807) is 0 Å². The van der Waals surface area contributed by atoms with E-state index in [4.69, 9.17) is 0 Å². The van der Waals surface area contributed by atoms with E-state index >= 15 is 0 Å². The number of pyridine rings is 1. The van der Waals surface area contributed by atoms with Crippen LogP contribution in [-0.4, -0.2) is 47.5 Å². The van der Waals surface area contributed by atoms with Crippen LogP contribution in [0.5, 0.6) is 0 Å². The Kier molecular flexibility index (Phi) is 3.63. The maximum atomic E-state index is 4.68. The van der Waals surface area contributed by atoms with Gasteiger partial charge in [0.1, 0.15) is 0 Å². The quantitative estimate of drug-likeness (QED) is 0.849. The van der Waals surface area contributed by atoms with Crippen LogP contribution in [-0.2, 0) is 6.54 Å². The van der Waals surface area contributed by atoms with Gasteiger partial charge in [0.15, 0.2) is 0 Å². The Hall–Kier alpha value is -1.45. The molecule has 116 valence electrons. The van der Waals surface area contributed by atoms with Crippen molar-refractivity contribution in [1.82, 2.24) is 14.8 Å². The largest absolute Gasteiger partial charge is 0.306 e. The molecule has 2 atom stereocenters. The molecule has 22 heavy (non-hydrogen) atoms. The fourth-order valence-corrected chi connectivity index (χ4v) is 4.40. The molecule has 0 saturated carbocycles. The van der Waals surface area contributed by atoms with Crippen molar-refractivity contribution in [3.8, 4) is 0 Å². The molecule has 2 aliphatic heterocycles. The highest BCUT2D eigenvalue weighted by Gasteiger charge is 2.37. The monoisotopic (exact) mass is 295 g/mol. The number of hydrogen-bond donors (Lipinski definition) is 0. The Bertz CT molecular complexity index is 681. The lowest BCUT2D eigenvalue weighted by molar-refractivity contribution is 0.125. The molecule has 0 unspecified atom stereocenters. The van der Waals surface area contributed by atoms with Crippen molar-refractivity contribution in [2.45, 2.75) is 32.4 Å². The predicted octanol–water partition coefficient (Wildman–Crippen LogP) is 3.07. The molecule has 1 aromatic carbocycles. The van der Waals surface area contributed by atoms with Crippen molar-refractivity contribution in [3.05, 3.63) is 41.6 Å². The van der Waals surface area contributed by atoms with Gasteiger partial charge < -0.3 is 4.90 Å². The average Bonchev–Trinajstić information content (AvgIpc) is 2.89. The van der Waals surface area contributed by atoms with E-state index in [-0.39, 0.29) is 0 Å². The predicted molar refractivity (Wildman–Crippen MR) is 90.9 cm³/mol. The van der Waals surface area contributed by atoms with Gasteiger partial charge in [0.25, 0.3) is 0 Å². The number of aromatic nitrogens is 1. The first-order valence-electron chi connectivity index (χ1n) is 8.48. The lowest BCUT2D eigenvalue weighted by atomic mass is 9.93. The Morgan fingerprint density at radius 2 is 2.05 bits per heavy atom. The van der Waals surface area contributed by atoms with Gasteiger partial charge in [-0.15, -0.1) is 0 Å². The Labute approximate surface area is 132 Å². The van der Waals surface area contributed by atoms with Gasteiger partial charge >= 0.3 is 0 Å². The van der Waals surface area contributed by atoms with Gasteiger partial charge in [-0.1, -0.05) is 18.2 Å². The van der Waals surface area contributed by atoms with E-state index in [0.29, 0.717) is 0 Å². The van der Waals surface area contributed by atoms with Crippen molar-refractivity contribution < 1.29 is 0 Å². The Morgan fingerprint density at radius 1 is 1.18 bits per heavy atom. The van der Waals surface area contributed by atoms with Crippen LogP contribution in [0, 0.1) is 12.8 Å². The third-order valence-electron chi connectivity index (χ3n) is 5.46. The van der Waals surface area contributed by atoms with E-state index in [9.17, 15) is 0 Å². The van der Waals surface area contributed by atoms with Crippen molar-refractivity contribution in [3.63, 3.8) is 0 Å². The number of fused-ring (bicyclic) bond motifs is 2. The number of aryl methyl sites for hydroxylation is 1. The molecule has 0 spiro atoms. The van der Waals surface area contributed by atoms with Crippen molar-refractivity contribution in [2.75, 3.05) is 26.7 Å². The smallest absolute Gasteiger partial charge is 0.0708 e. The highest BCUT2D eigenvalue weighted by Crippen LogP contribution is 2.33. The summed E-state index contributed by atoms with van der Waals surface area (Å²) >= 11 is 0. The summed E-state index contributed by atoms with van der Waals surface area (Å²) in [6.45, 7) is 6.96. The fourth-order valence-electron chi connectivity index (χ4n) is 4.40. The topological polar surface area (TPSA) is 19.4 Å². The lowest BCUT2D eigenvalue weighted by Crippen LogP contribution is -2.44. The molecule has 0 amide bonds. The maximum Gasteiger partial charge on any atom is 0.0708 e. The summed E-state index contributed by atoms with van der Waals surface area (Å²) in [6, 6.07) is 11.6. The molecule has 2 fully saturated rings. The van der Waals surface area contributed by atoms with Gasteiger partial charge in [-0.2, -0.15) is 0 Å². The van der Waals surface area contributed by atoms with Gasteiger partial charge in [0, 0.05) is 30.2 Å². The van der Waals surface area contributed by atoms with E-state index in [1.165, 1.54) is 43.4 Å². The Balaban J connectivity index is 1.61. The summed E-state index contributed by atoms with van der Waals surface area (Å²) in [5.74, 6) is 0.868. The number of para-hydroxylation sites is 1. The van der Waals surface area contributed by atoms with E-state index in [1.807, 2.05) is 0 Å². The summed E-state index contributed by atoms with van der Waals surface area (Å²) in [4.78, 5) is 9.89. The minimum Gasteiger partial charge on any atom is -0.306 e. The first-order chi connectivity index (χ1) is 10.7. The van der Waals surface area contributed by atoms with Crippen LogP contribution in [0.25, 0.3) is 10.9 Å². The lowest BCUT2D eigenvalue weighted by Gasteiger charge is -2.36. The summed E-state index contributed by atoms with van der Waals surface area (Å²) in [7, 11) is 2.26. The highest BCUT2D eigenvalue weighted by atomic mass is 15.2. The number of hydrogen-bond acceptors (Lipinski definition) is 3. The zero-order valence-electron chi connectivity index (χ0n) is 13.6. The molecule has 2 aromatic rings. The van der Waals surface area contributed by atoms with E-state index < -0.39 is 0 Å². The first-order valence-corrected chi connectivity index (χ1v) is 8.48. The molecule has 1 aromatic heterocycles. The molecular weight excluding hydrogens is 270 g/mol. The van der Waals surface area contributed by atoms with Crippen LogP contribution in [0.1, 0.15) is 24.1 Å². The second kappa shape index (κ2) is 5.64. The molecule has 0 radical (unpaired) electrons. The SMILES string of the molecule is Cc1cc(CN2CC[C@H]3CN(C)CC[C@H]32)c2ccccc2n1. The third-order valence-corrected chi connectivity index (χ3v) is 5.46. The van der Waals surface area contributed by atoms with Crippen LogP contribution >= 0.6 is 0 Å². The summed E-state index contributed by atoms with van der Waals surface area (Å²) < 4.78 is 0. The second-order valence-corrected chi connectivity index (χ2v) is 7.08. The minimum atomic E-state index is 0.781. The zero-order chi connectivity index (χ0) is 15.1. The number of likely N-dealkylation sites (tertiary alicyclic amines) is 2. The fraction of sp³-hybridized carbons (Fsp3) is 0.526. The molecule has 0 aliphatic carbocycles. The van der Waals surface area contributed by atoms with E-state index in [2.05, 4.69) is 59.1 Å². The zero-order valence-corrected chi connectivity index (χ0v) is 13.6. The first kappa shape index (κ1) is 14.2. The van der Waals surface area contributed by atoms with Gasteiger partial charge in [0.05, 0.1) is 5.52 Å². The molecule has 0 bridgehead atoms. The van der Waals surface area contributed by atoms with Gasteiger partial charge in [-0.3, -0.25) is 9.88 Å². The molecular formula is C19H25N3. The molecule has 3 nitrogen and oxygen atoms in total. The van der Waals surface area contributed by atoms with Gasteiger partial charge in [-0.05, 0) is 63.5 Å². The standard InChI is InChI=1S/C19H25N3/c1-14-11-16(17-5-3-4-6-18(17)20-14)13-22-10-7-15-12-21(2)9-8-19(15)22/h3-6,11,15,19H,7-10,12-13H2,1-2H3/t15-,19+/m0/s1. The number of benzene rings is 1. The number of nitrogens with zero attached hydrogens (tertiary/aromatic N) is 3. The van der Waals surface area contributed by atoms with Crippen LogP contribution in [0.3, 0.4) is 0 Å². The van der Waals surface area contributed by atoms with Crippen LogP contribution in [0.2, 0.25) is 0 Å². The number of rotatable bonds is 2. The van der Waals surface area contributed by atoms with Crippen molar-refractivity contribution in [2.24, 2.45) is 5.92 Å². The molecule has 3 heteroatoms. The summed E-state index contributed by atoms with van der Waals surface area (Å²) in [5.41, 5.74) is 3.71. The van der Waals surface area contributed by atoms with E-state index in [0.717, 1.165) is 29.7 Å². The van der Waals surface area contributed by atoms with Crippen molar-refractivity contribution >= 4 is 10.9 Å². The summed E-state index contributed by atoms with van der Waals surface area (Å²) in [6.07, 6.45) is 2.68. The molecule has 3 heterocycles. The molecule has 4 rings (SSSR count). The van der Waals surface area contributed by atoms with Crippen LogP contribution in [0.15, 0.2) is 30.3 Å². The molecule has 2 saturated heterocycles. The van der Waals surface area contributed by atoms with Gasteiger partial charge in [0.2, 0.25) is 0 Å². The molecule has 0 N–H and O–H groups in total. The minimum absolute atomic E-state index is 0.781. The second-order valence-electron chi connectivity index (χ2n) is 7.08. The number of piperidine rings is 1.